The number of anilines is 1. The van der Waals surface area contributed by atoms with Crippen LogP contribution in [0.4, 0.5) is 10.1 Å². The van der Waals surface area contributed by atoms with Crippen LogP contribution in [0.15, 0.2) is 48.5 Å². The van der Waals surface area contributed by atoms with Gasteiger partial charge < -0.3 is 11.1 Å². The van der Waals surface area contributed by atoms with Crippen molar-refractivity contribution in [2.45, 2.75) is 30.8 Å². The van der Waals surface area contributed by atoms with Crippen molar-refractivity contribution in [2.75, 3.05) is 11.9 Å². The molecule has 0 saturated carbocycles. The van der Waals surface area contributed by atoms with Crippen molar-refractivity contribution in [3.8, 4) is 0 Å². The third kappa shape index (κ3) is 3.22. The van der Waals surface area contributed by atoms with Crippen LogP contribution in [0.2, 0.25) is 0 Å². The van der Waals surface area contributed by atoms with Gasteiger partial charge in [-0.3, -0.25) is 29.4 Å². The third-order valence-electron chi connectivity index (χ3n) is 6.94. The van der Waals surface area contributed by atoms with Gasteiger partial charge in [0.15, 0.2) is 0 Å². The van der Waals surface area contributed by atoms with Crippen molar-refractivity contribution >= 4 is 29.3 Å². The zero-order valence-electron chi connectivity index (χ0n) is 17.7. The summed E-state index contributed by atoms with van der Waals surface area (Å²) in [6.45, 7) is 0.172. The van der Waals surface area contributed by atoms with E-state index in [4.69, 9.17) is 5.73 Å². The number of fused-ring (bicyclic) bond motifs is 4. The summed E-state index contributed by atoms with van der Waals surface area (Å²) in [5.41, 5.74) is 5.40. The quantitative estimate of drug-likeness (QED) is 0.568. The lowest BCUT2D eigenvalue weighted by atomic mass is 9.76. The van der Waals surface area contributed by atoms with Gasteiger partial charge in [0.2, 0.25) is 23.6 Å². The highest BCUT2D eigenvalue weighted by Crippen LogP contribution is 2.53. The molecule has 0 radical (unpaired) electrons. The number of nitrogens with one attached hydrogen (secondary N) is 2. The maximum Gasteiger partial charge on any atom is 0.250 e. The van der Waals surface area contributed by atoms with Crippen molar-refractivity contribution in [1.29, 1.82) is 0 Å². The number of likely N-dealkylation sites (tertiary alicyclic amines) is 1. The fourth-order valence-electron chi connectivity index (χ4n) is 5.49. The molecule has 4 N–H and O–H groups in total. The summed E-state index contributed by atoms with van der Waals surface area (Å²) in [6, 6.07) is 12.7. The molecule has 0 aromatic heterocycles. The summed E-state index contributed by atoms with van der Waals surface area (Å²) in [4.78, 5) is 52.9. The van der Waals surface area contributed by atoms with Gasteiger partial charge >= 0.3 is 0 Å². The fourth-order valence-corrected chi connectivity index (χ4v) is 5.49. The summed E-state index contributed by atoms with van der Waals surface area (Å²) in [6.07, 6.45) is 0.642. The first-order chi connectivity index (χ1) is 15.8. The van der Waals surface area contributed by atoms with E-state index < -0.39 is 52.9 Å². The van der Waals surface area contributed by atoms with E-state index in [2.05, 4.69) is 10.6 Å². The lowest BCUT2D eigenvalue weighted by Crippen LogP contribution is -2.53. The summed E-state index contributed by atoms with van der Waals surface area (Å²) in [7, 11) is 0. The van der Waals surface area contributed by atoms with Gasteiger partial charge in [-0.2, -0.15) is 0 Å². The number of carbonyl (C=O) groups is 4. The second-order valence-electron chi connectivity index (χ2n) is 8.78. The zero-order chi connectivity index (χ0) is 23.3. The number of halogens is 1. The number of hydrogen-bond donors (Lipinski definition) is 3. The molecule has 0 aliphatic carbocycles. The summed E-state index contributed by atoms with van der Waals surface area (Å²) >= 11 is 0. The minimum Gasteiger partial charge on any atom is -0.370 e. The minimum atomic E-state index is -1.58. The molecule has 3 heterocycles. The number of amides is 4. The van der Waals surface area contributed by atoms with Gasteiger partial charge in [0.25, 0.3) is 0 Å². The molecule has 0 bridgehead atoms. The minimum absolute atomic E-state index is 0.0138. The molecule has 33 heavy (non-hydrogen) atoms. The van der Waals surface area contributed by atoms with E-state index in [0.29, 0.717) is 17.7 Å². The molecule has 2 fully saturated rings. The van der Waals surface area contributed by atoms with Gasteiger partial charge in [-0.1, -0.05) is 30.3 Å². The van der Waals surface area contributed by atoms with E-state index in [1.807, 2.05) is 30.3 Å². The smallest absolute Gasteiger partial charge is 0.250 e. The Labute approximate surface area is 189 Å². The molecule has 5 rings (SSSR count). The topological polar surface area (TPSA) is 122 Å². The molecule has 170 valence electrons. The van der Waals surface area contributed by atoms with Gasteiger partial charge in [-0.05, 0) is 36.6 Å². The Morgan fingerprint density at radius 1 is 1.09 bits per heavy atom. The Bertz CT molecular complexity index is 1170. The average Bonchev–Trinajstić information content (AvgIpc) is 3.37. The van der Waals surface area contributed by atoms with Crippen molar-refractivity contribution in [3.05, 3.63) is 65.5 Å². The van der Waals surface area contributed by atoms with Crippen molar-refractivity contribution in [3.63, 3.8) is 0 Å². The first-order valence-electron chi connectivity index (χ1n) is 10.9. The molecule has 3 aliphatic rings. The molecule has 2 aromatic carbocycles. The van der Waals surface area contributed by atoms with Gasteiger partial charge in [-0.25, -0.2) is 4.39 Å². The molecular weight excluding hydrogens is 427 g/mol. The monoisotopic (exact) mass is 450 g/mol. The molecule has 1 spiro atoms. The molecule has 8 nitrogen and oxygen atoms in total. The number of carbonyl (C=O) groups excluding carboxylic acids is 4. The van der Waals surface area contributed by atoms with Crippen LogP contribution in [0.25, 0.3) is 0 Å². The molecule has 4 atom stereocenters. The molecule has 2 aromatic rings. The van der Waals surface area contributed by atoms with E-state index in [-0.39, 0.29) is 19.4 Å². The van der Waals surface area contributed by atoms with Crippen LogP contribution in [-0.2, 0) is 31.1 Å². The third-order valence-corrected chi connectivity index (χ3v) is 6.94. The van der Waals surface area contributed by atoms with E-state index in [0.717, 1.165) is 5.56 Å². The Morgan fingerprint density at radius 3 is 2.58 bits per heavy atom. The molecule has 2 saturated heterocycles. The number of rotatable bonds is 6. The van der Waals surface area contributed by atoms with Gasteiger partial charge in [0.1, 0.15) is 11.4 Å². The first-order valence-corrected chi connectivity index (χ1v) is 10.9. The standard InChI is InChI=1S/C24H23FN4O4/c25-14-6-7-16-15(12-14)24(23(33)27-16)20-19(17(28-24)8-9-18(26)30)21(31)29(22(20)32)11-10-13-4-2-1-3-5-13/h1-7,12,17,19-20,28H,8-11H2,(H2,26,30)(H,27,33)/t17-,19+,20-,24-/m0/s1. The Balaban J connectivity index is 1.53. The number of benzene rings is 2. The van der Waals surface area contributed by atoms with Crippen molar-refractivity contribution in [2.24, 2.45) is 17.6 Å². The van der Waals surface area contributed by atoms with Crippen LogP contribution in [-0.4, -0.2) is 41.1 Å². The maximum absolute atomic E-state index is 14.2. The number of hydrogen-bond acceptors (Lipinski definition) is 5. The summed E-state index contributed by atoms with van der Waals surface area (Å²) in [5, 5.41) is 5.88. The lowest BCUT2D eigenvalue weighted by molar-refractivity contribution is -0.142. The molecule has 9 heteroatoms. The SMILES string of the molecule is NC(=O)CC[C@@H]1N[C@]2(C(=O)Nc3ccc(F)cc32)[C@@H]2C(=O)N(CCc3ccccc3)C(=O)[C@H]12. The highest BCUT2D eigenvalue weighted by molar-refractivity contribution is 6.15. The van der Waals surface area contributed by atoms with Gasteiger partial charge in [-0.15, -0.1) is 0 Å². The zero-order valence-corrected chi connectivity index (χ0v) is 17.7. The van der Waals surface area contributed by atoms with Crippen LogP contribution < -0.4 is 16.4 Å². The number of primary amides is 1. The van der Waals surface area contributed by atoms with Gasteiger partial charge in [0, 0.05) is 30.3 Å². The highest BCUT2D eigenvalue weighted by Gasteiger charge is 2.70. The maximum atomic E-state index is 14.2. The number of nitrogens with two attached hydrogens (primary N) is 1. The van der Waals surface area contributed by atoms with Crippen LogP contribution in [0.3, 0.4) is 0 Å². The second-order valence-corrected chi connectivity index (χ2v) is 8.78. The Hall–Kier alpha value is -3.59. The van der Waals surface area contributed by atoms with Crippen LogP contribution in [0, 0.1) is 17.7 Å². The Kier molecular flexibility index (Phi) is 5.01. The van der Waals surface area contributed by atoms with E-state index in [1.54, 1.807) is 0 Å². The normalized spacial score (nSPS) is 27.7. The average molecular weight is 450 g/mol. The molecule has 0 unspecified atom stereocenters. The van der Waals surface area contributed by atoms with E-state index in [9.17, 15) is 23.6 Å². The summed E-state index contributed by atoms with van der Waals surface area (Å²) in [5.74, 6) is -4.37. The molecule has 3 aliphatic heterocycles. The van der Waals surface area contributed by atoms with E-state index >= 15 is 0 Å². The van der Waals surface area contributed by atoms with Gasteiger partial charge in [0.05, 0.1) is 11.8 Å². The number of nitrogens with zero attached hydrogens (tertiary/aromatic N) is 1. The molecular formula is C24H23FN4O4. The number of imide groups is 1. The van der Waals surface area contributed by atoms with Crippen LogP contribution in [0.5, 0.6) is 0 Å². The highest BCUT2D eigenvalue weighted by atomic mass is 19.1. The van der Waals surface area contributed by atoms with Crippen LogP contribution in [0.1, 0.15) is 24.0 Å². The van der Waals surface area contributed by atoms with Crippen molar-refractivity contribution in [1.82, 2.24) is 10.2 Å². The predicted octanol–water partition coefficient (Wildman–Crippen LogP) is 1.05. The Morgan fingerprint density at radius 2 is 1.85 bits per heavy atom. The predicted molar refractivity (Wildman–Crippen MR) is 116 cm³/mol. The fraction of sp³-hybridized carbons (Fsp3) is 0.333. The van der Waals surface area contributed by atoms with Crippen LogP contribution >= 0.6 is 0 Å². The largest absolute Gasteiger partial charge is 0.370 e. The van der Waals surface area contributed by atoms with E-state index in [1.165, 1.54) is 23.1 Å². The molecule has 4 amide bonds. The first kappa shape index (κ1) is 21.3. The summed E-state index contributed by atoms with van der Waals surface area (Å²) < 4.78 is 14.2. The second kappa shape index (κ2) is 7.77. The van der Waals surface area contributed by atoms with Crippen molar-refractivity contribution < 1.29 is 23.6 Å². The lowest BCUT2D eigenvalue weighted by Gasteiger charge is -2.29.